The lowest BCUT2D eigenvalue weighted by Gasteiger charge is -2.26. The van der Waals surface area contributed by atoms with E-state index in [-0.39, 0.29) is 5.41 Å². The van der Waals surface area contributed by atoms with Crippen LogP contribution in [0.2, 0.25) is 0 Å². The van der Waals surface area contributed by atoms with Gasteiger partial charge >= 0.3 is 0 Å². The van der Waals surface area contributed by atoms with Crippen LogP contribution in [0.5, 0.6) is 5.75 Å². The molecule has 0 aliphatic carbocycles. The van der Waals surface area contributed by atoms with E-state index >= 15 is 0 Å². The summed E-state index contributed by atoms with van der Waals surface area (Å²) in [4.78, 5) is 0. The molecule has 0 saturated heterocycles. The summed E-state index contributed by atoms with van der Waals surface area (Å²) in [5.41, 5.74) is 3.53. The number of hydrogen-bond acceptors (Lipinski definition) is 3. The van der Waals surface area contributed by atoms with E-state index in [9.17, 15) is 10.2 Å². The van der Waals surface area contributed by atoms with Crippen molar-refractivity contribution < 1.29 is 14.9 Å². The van der Waals surface area contributed by atoms with E-state index < -0.39 is 12.2 Å². The number of rotatable bonds is 7. The van der Waals surface area contributed by atoms with Gasteiger partial charge in [0.25, 0.3) is 0 Å². The van der Waals surface area contributed by atoms with Crippen LogP contribution in [0.15, 0.2) is 12.1 Å². The standard InChI is InChI=1S/C19H32O3/c1-7-16(20)17(21)10-9-14-11-13(3)12-15(19(4,5)6)18(14)22-8-2/h11-12,16-17,20-21H,7-10H2,1-6H3. The van der Waals surface area contributed by atoms with Crippen molar-refractivity contribution in [3.8, 4) is 5.75 Å². The van der Waals surface area contributed by atoms with Crippen LogP contribution in [0.3, 0.4) is 0 Å². The Morgan fingerprint density at radius 2 is 1.73 bits per heavy atom. The van der Waals surface area contributed by atoms with E-state index in [1.807, 2.05) is 13.8 Å². The van der Waals surface area contributed by atoms with E-state index in [4.69, 9.17) is 4.74 Å². The zero-order valence-corrected chi connectivity index (χ0v) is 14.9. The highest BCUT2D eigenvalue weighted by Crippen LogP contribution is 2.36. The van der Waals surface area contributed by atoms with Crippen molar-refractivity contribution >= 4 is 0 Å². The highest BCUT2D eigenvalue weighted by molar-refractivity contribution is 5.48. The summed E-state index contributed by atoms with van der Waals surface area (Å²) in [6.45, 7) is 13.1. The lowest BCUT2D eigenvalue weighted by Crippen LogP contribution is -2.25. The van der Waals surface area contributed by atoms with Gasteiger partial charge < -0.3 is 14.9 Å². The van der Waals surface area contributed by atoms with E-state index in [0.29, 0.717) is 25.9 Å². The molecule has 22 heavy (non-hydrogen) atoms. The molecular formula is C19H32O3. The maximum Gasteiger partial charge on any atom is 0.126 e. The van der Waals surface area contributed by atoms with Crippen molar-refractivity contribution in [1.29, 1.82) is 0 Å². The van der Waals surface area contributed by atoms with E-state index in [0.717, 1.165) is 11.3 Å². The van der Waals surface area contributed by atoms with Crippen molar-refractivity contribution in [1.82, 2.24) is 0 Å². The molecule has 0 spiro atoms. The minimum absolute atomic E-state index is 0.00677. The third-order valence-electron chi connectivity index (χ3n) is 3.98. The van der Waals surface area contributed by atoms with Gasteiger partial charge in [-0.25, -0.2) is 0 Å². The maximum absolute atomic E-state index is 10.0. The summed E-state index contributed by atoms with van der Waals surface area (Å²) in [6, 6.07) is 4.32. The molecular weight excluding hydrogens is 276 g/mol. The highest BCUT2D eigenvalue weighted by Gasteiger charge is 2.23. The number of benzene rings is 1. The predicted octanol–water partition coefficient (Wildman–Crippen LogP) is 3.76. The minimum Gasteiger partial charge on any atom is -0.493 e. The summed E-state index contributed by atoms with van der Waals surface area (Å²) in [5.74, 6) is 0.943. The van der Waals surface area contributed by atoms with Crippen LogP contribution in [0, 0.1) is 6.92 Å². The molecule has 2 unspecified atom stereocenters. The zero-order chi connectivity index (χ0) is 16.9. The van der Waals surface area contributed by atoms with Gasteiger partial charge in [0.2, 0.25) is 0 Å². The molecule has 1 rings (SSSR count). The Morgan fingerprint density at radius 1 is 1.09 bits per heavy atom. The number of aliphatic hydroxyl groups is 2. The van der Waals surface area contributed by atoms with Crippen LogP contribution in [0.4, 0.5) is 0 Å². The van der Waals surface area contributed by atoms with Gasteiger partial charge in [-0.3, -0.25) is 0 Å². The van der Waals surface area contributed by atoms with Crippen LogP contribution in [0.1, 0.15) is 64.2 Å². The van der Waals surface area contributed by atoms with Gasteiger partial charge in [-0.1, -0.05) is 45.4 Å². The Balaban J connectivity index is 3.09. The van der Waals surface area contributed by atoms with Crippen molar-refractivity contribution in [3.63, 3.8) is 0 Å². The van der Waals surface area contributed by atoms with Crippen LogP contribution >= 0.6 is 0 Å². The predicted molar refractivity (Wildman–Crippen MR) is 91.7 cm³/mol. The molecule has 0 aliphatic heterocycles. The zero-order valence-electron chi connectivity index (χ0n) is 14.9. The maximum atomic E-state index is 10.0. The first-order valence-electron chi connectivity index (χ1n) is 8.33. The van der Waals surface area contributed by atoms with E-state index in [1.165, 1.54) is 11.1 Å². The Morgan fingerprint density at radius 3 is 2.23 bits per heavy atom. The SMILES string of the molecule is CCOc1c(CCC(O)C(O)CC)cc(C)cc1C(C)(C)C. The van der Waals surface area contributed by atoms with Gasteiger partial charge in [0.05, 0.1) is 18.8 Å². The van der Waals surface area contributed by atoms with Crippen LogP contribution in [-0.2, 0) is 11.8 Å². The number of ether oxygens (including phenoxy) is 1. The van der Waals surface area contributed by atoms with E-state index in [1.54, 1.807) is 0 Å². The minimum atomic E-state index is -0.682. The molecule has 0 heterocycles. The fourth-order valence-electron chi connectivity index (χ4n) is 2.67. The van der Waals surface area contributed by atoms with Gasteiger partial charge in [-0.2, -0.15) is 0 Å². The third-order valence-corrected chi connectivity index (χ3v) is 3.98. The lowest BCUT2D eigenvalue weighted by atomic mass is 9.83. The molecule has 0 amide bonds. The quantitative estimate of drug-likeness (QED) is 0.806. The number of hydrogen-bond donors (Lipinski definition) is 2. The van der Waals surface area contributed by atoms with Crippen LogP contribution in [0.25, 0.3) is 0 Å². The molecule has 2 atom stereocenters. The van der Waals surface area contributed by atoms with Crippen molar-refractivity contribution in [2.75, 3.05) is 6.61 Å². The second-order valence-corrected chi connectivity index (χ2v) is 7.07. The largest absolute Gasteiger partial charge is 0.493 e. The summed E-state index contributed by atoms with van der Waals surface area (Å²) in [5, 5.41) is 19.7. The normalized spacial score (nSPS) is 14.7. The smallest absolute Gasteiger partial charge is 0.126 e. The monoisotopic (exact) mass is 308 g/mol. The Labute approximate surface area is 135 Å². The Kier molecular flexibility index (Phi) is 6.89. The lowest BCUT2D eigenvalue weighted by molar-refractivity contribution is 0.0129. The van der Waals surface area contributed by atoms with Gasteiger partial charge in [0.15, 0.2) is 0 Å². The first kappa shape index (κ1) is 19.0. The van der Waals surface area contributed by atoms with Crippen LogP contribution in [-0.4, -0.2) is 29.0 Å². The van der Waals surface area contributed by atoms with E-state index in [2.05, 4.69) is 39.8 Å². The van der Waals surface area contributed by atoms with Gasteiger partial charge in [0, 0.05) is 5.56 Å². The second kappa shape index (κ2) is 7.98. The summed E-state index contributed by atoms with van der Waals surface area (Å²) >= 11 is 0. The van der Waals surface area contributed by atoms with Gasteiger partial charge in [0.1, 0.15) is 5.75 Å². The van der Waals surface area contributed by atoms with Gasteiger partial charge in [-0.15, -0.1) is 0 Å². The Hall–Kier alpha value is -1.06. The molecule has 1 aromatic carbocycles. The van der Waals surface area contributed by atoms with Crippen molar-refractivity contribution in [2.45, 2.75) is 78.4 Å². The molecule has 0 fully saturated rings. The first-order chi connectivity index (χ1) is 10.2. The topological polar surface area (TPSA) is 49.7 Å². The highest BCUT2D eigenvalue weighted by atomic mass is 16.5. The molecule has 2 N–H and O–H groups in total. The number of aryl methyl sites for hydroxylation is 2. The molecule has 1 aromatic rings. The van der Waals surface area contributed by atoms with Crippen molar-refractivity contribution in [3.05, 3.63) is 28.8 Å². The summed E-state index contributed by atoms with van der Waals surface area (Å²) in [6.07, 6.45) is 0.488. The summed E-state index contributed by atoms with van der Waals surface area (Å²) < 4.78 is 5.92. The van der Waals surface area contributed by atoms with Crippen LogP contribution < -0.4 is 4.74 Å². The summed E-state index contributed by atoms with van der Waals surface area (Å²) in [7, 11) is 0. The molecule has 0 saturated carbocycles. The third kappa shape index (κ3) is 4.99. The fraction of sp³-hybridized carbons (Fsp3) is 0.684. The molecule has 126 valence electrons. The van der Waals surface area contributed by atoms with Gasteiger partial charge in [-0.05, 0) is 44.1 Å². The fourth-order valence-corrected chi connectivity index (χ4v) is 2.67. The first-order valence-corrected chi connectivity index (χ1v) is 8.33. The van der Waals surface area contributed by atoms with Crippen molar-refractivity contribution in [2.24, 2.45) is 0 Å². The molecule has 3 heteroatoms. The average Bonchev–Trinajstić information content (AvgIpc) is 2.44. The molecule has 3 nitrogen and oxygen atoms in total. The second-order valence-electron chi connectivity index (χ2n) is 7.07. The number of aliphatic hydroxyl groups excluding tert-OH is 2. The molecule has 0 aromatic heterocycles. The molecule has 0 aliphatic rings. The Bertz CT molecular complexity index is 474. The average molecular weight is 308 g/mol. The molecule has 0 bridgehead atoms. The molecule has 0 radical (unpaired) electrons.